The Morgan fingerprint density at radius 1 is 1.35 bits per heavy atom. The van der Waals surface area contributed by atoms with Crippen molar-refractivity contribution in [3.8, 4) is 11.8 Å². The van der Waals surface area contributed by atoms with Crippen molar-refractivity contribution in [2.75, 3.05) is 0 Å². The topological polar surface area (TPSA) is 71.9 Å². The molecule has 5 heteroatoms. The van der Waals surface area contributed by atoms with Gasteiger partial charge in [-0.15, -0.1) is 0 Å². The zero-order valence-electron chi connectivity index (χ0n) is 11.1. The van der Waals surface area contributed by atoms with Crippen molar-refractivity contribution in [2.24, 2.45) is 5.73 Å². The number of pyridine rings is 1. The molecule has 2 aromatic rings. The fourth-order valence-corrected chi connectivity index (χ4v) is 1.78. The number of rotatable bonds is 4. The smallest absolute Gasteiger partial charge is 0.142 e. The lowest BCUT2D eigenvalue weighted by molar-refractivity contribution is 0.301. The van der Waals surface area contributed by atoms with Crippen molar-refractivity contribution in [1.82, 2.24) is 4.98 Å². The van der Waals surface area contributed by atoms with Gasteiger partial charge in [0.25, 0.3) is 0 Å². The molecule has 0 saturated carbocycles. The number of nitrogens with zero attached hydrogens (tertiary/aromatic N) is 2. The number of hydrogen-bond acceptors (Lipinski definition) is 4. The Morgan fingerprint density at radius 2 is 2.15 bits per heavy atom. The van der Waals surface area contributed by atoms with Crippen LogP contribution in [0.2, 0.25) is 0 Å². The molecule has 1 aromatic heterocycles. The summed E-state index contributed by atoms with van der Waals surface area (Å²) in [5, 5.41) is 8.78. The Bertz CT molecular complexity index is 665. The summed E-state index contributed by atoms with van der Waals surface area (Å²) in [5.74, 6) is 0.0665. The highest BCUT2D eigenvalue weighted by Crippen LogP contribution is 2.18. The maximum atomic E-state index is 13.2. The molecule has 4 nitrogen and oxygen atoms in total. The summed E-state index contributed by atoms with van der Waals surface area (Å²) in [5.41, 5.74) is 7.88. The van der Waals surface area contributed by atoms with E-state index in [1.807, 2.05) is 13.0 Å². The number of aryl methyl sites for hydroxylation is 1. The van der Waals surface area contributed by atoms with E-state index in [0.717, 1.165) is 5.69 Å². The average molecular weight is 271 g/mol. The molecule has 0 aliphatic heterocycles. The van der Waals surface area contributed by atoms with Crippen LogP contribution >= 0.6 is 0 Å². The molecule has 1 heterocycles. The standard InChI is InChI=1S/C15H14FN3O/c1-10-2-5-15(14(8-18)19-10)20-9-11-3-4-13(16)12(6-11)7-17/h2-6H,8-9,18H2,1H3. The van der Waals surface area contributed by atoms with Crippen LogP contribution < -0.4 is 10.5 Å². The summed E-state index contributed by atoms with van der Waals surface area (Å²) < 4.78 is 18.8. The number of nitriles is 1. The first kappa shape index (κ1) is 14.0. The molecule has 102 valence electrons. The lowest BCUT2D eigenvalue weighted by Crippen LogP contribution is -2.06. The maximum Gasteiger partial charge on any atom is 0.142 e. The number of halogens is 1. The Labute approximate surface area is 116 Å². The summed E-state index contributed by atoms with van der Waals surface area (Å²) in [4.78, 5) is 4.29. The molecule has 0 spiro atoms. The van der Waals surface area contributed by atoms with Gasteiger partial charge in [-0.3, -0.25) is 4.98 Å². The van der Waals surface area contributed by atoms with Crippen LogP contribution in [0.3, 0.4) is 0 Å². The van der Waals surface area contributed by atoms with E-state index in [0.29, 0.717) is 17.0 Å². The van der Waals surface area contributed by atoms with Gasteiger partial charge >= 0.3 is 0 Å². The van der Waals surface area contributed by atoms with Gasteiger partial charge < -0.3 is 10.5 Å². The zero-order valence-corrected chi connectivity index (χ0v) is 11.1. The molecule has 0 unspecified atom stereocenters. The molecule has 0 aliphatic carbocycles. The third-order valence-electron chi connectivity index (χ3n) is 2.81. The Hall–Kier alpha value is -2.45. The van der Waals surface area contributed by atoms with Crippen molar-refractivity contribution in [2.45, 2.75) is 20.1 Å². The highest BCUT2D eigenvalue weighted by atomic mass is 19.1. The van der Waals surface area contributed by atoms with E-state index in [1.54, 1.807) is 18.2 Å². The van der Waals surface area contributed by atoms with Crippen LogP contribution in [0.1, 0.15) is 22.5 Å². The zero-order chi connectivity index (χ0) is 14.5. The largest absolute Gasteiger partial charge is 0.487 e. The Morgan fingerprint density at radius 3 is 2.85 bits per heavy atom. The molecule has 0 saturated heterocycles. The van der Waals surface area contributed by atoms with E-state index in [1.165, 1.54) is 12.1 Å². The molecule has 0 amide bonds. The molecule has 0 bridgehead atoms. The lowest BCUT2D eigenvalue weighted by Gasteiger charge is -2.10. The van der Waals surface area contributed by atoms with Gasteiger partial charge in [0.05, 0.1) is 11.3 Å². The van der Waals surface area contributed by atoms with E-state index < -0.39 is 5.82 Å². The summed E-state index contributed by atoms with van der Waals surface area (Å²) in [6.45, 7) is 2.39. The molecule has 0 fully saturated rings. The van der Waals surface area contributed by atoms with E-state index in [4.69, 9.17) is 15.7 Å². The Balaban J connectivity index is 2.15. The summed E-state index contributed by atoms with van der Waals surface area (Å²) in [6.07, 6.45) is 0. The second-order valence-corrected chi connectivity index (χ2v) is 4.32. The number of aromatic nitrogens is 1. The predicted octanol–water partition coefficient (Wildman–Crippen LogP) is 2.44. The third-order valence-corrected chi connectivity index (χ3v) is 2.81. The summed E-state index contributed by atoms with van der Waals surface area (Å²) >= 11 is 0. The monoisotopic (exact) mass is 271 g/mol. The van der Waals surface area contributed by atoms with Crippen LogP contribution in [0.25, 0.3) is 0 Å². The molecular formula is C15H14FN3O. The second-order valence-electron chi connectivity index (χ2n) is 4.32. The number of hydrogen-bond donors (Lipinski definition) is 1. The van der Waals surface area contributed by atoms with Gasteiger partial charge in [0.2, 0.25) is 0 Å². The summed E-state index contributed by atoms with van der Waals surface area (Å²) in [6, 6.07) is 9.75. The van der Waals surface area contributed by atoms with Gasteiger partial charge in [0, 0.05) is 12.2 Å². The number of nitrogens with two attached hydrogens (primary N) is 1. The van der Waals surface area contributed by atoms with Gasteiger partial charge in [0.15, 0.2) is 0 Å². The van der Waals surface area contributed by atoms with Crippen LogP contribution in [0.4, 0.5) is 4.39 Å². The summed E-state index contributed by atoms with van der Waals surface area (Å²) in [7, 11) is 0. The van der Waals surface area contributed by atoms with E-state index in [9.17, 15) is 4.39 Å². The normalized spacial score (nSPS) is 10.1. The second kappa shape index (κ2) is 6.13. The van der Waals surface area contributed by atoms with Crippen LogP contribution in [0, 0.1) is 24.1 Å². The molecular weight excluding hydrogens is 257 g/mol. The quantitative estimate of drug-likeness (QED) is 0.927. The van der Waals surface area contributed by atoms with E-state index in [-0.39, 0.29) is 18.7 Å². The SMILES string of the molecule is Cc1ccc(OCc2ccc(F)c(C#N)c2)c(CN)n1. The van der Waals surface area contributed by atoms with E-state index >= 15 is 0 Å². The van der Waals surface area contributed by atoms with Crippen molar-refractivity contribution < 1.29 is 9.13 Å². The first-order valence-electron chi connectivity index (χ1n) is 6.12. The highest BCUT2D eigenvalue weighted by molar-refractivity contribution is 5.35. The van der Waals surface area contributed by atoms with E-state index in [2.05, 4.69) is 4.98 Å². The first-order valence-corrected chi connectivity index (χ1v) is 6.12. The van der Waals surface area contributed by atoms with Crippen LogP contribution in [0.15, 0.2) is 30.3 Å². The fraction of sp³-hybridized carbons (Fsp3) is 0.200. The van der Waals surface area contributed by atoms with Crippen molar-refractivity contribution in [3.63, 3.8) is 0 Å². The minimum Gasteiger partial charge on any atom is -0.487 e. The Kier molecular flexibility index (Phi) is 4.28. The average Bonchev–Trinajstić information content (AvgIpc) is 2.47. The molecule has 0 radical (unpaired) electrons. The number of ether oxygens (including phenoxy) is 1. The van der Waals surface area contributed by atoms with Gasteiger partial charge in [-0.05, 0) is 36.8 Å². The molecule has 2 N–H and O–H groups in total. The minimum atomic E-state index is -0.532. The first-order chi connectivity index (χ1) is 9.63. The van der Waals surface area contributed by atoms with Crippen molar-refractivity contribution >= 4 is 0 Å². The van der Waals surface area contributed by atoms with Crippen molar-refractivity contribution in [3.05, 3.63) is 58.7 Å². The van der Waals surface area contributed by atoms with Crippen molar-refractivity contribution in [1.29, 1.82) is 5.26 Å². The minimum absolute atomic E-state index is 0.00665. The molecule has 20 heavy (non-hydrogen) atoms. The van der Waals surface area contributed by atoms with Gasteiger partial charge in [-0.1, -0.05) is 6.07 Å². The molecule has 1 aromatic carbocycles. The third kappa shape index (κ3) is 3.11. The van der Waals surface area contributed by atoms with Crippen LogP contribution in [-0.4, -0.2) is 4.98 Å². The predicted molar refractivity (Wildman–Crippen MR) is 72.3 cm³/mol. The van der Waals surface area contributed by atoms with Gasteiger partial charge in [-0.25, -0.2) is 4.39 Å². The maximum absolute atomic E-state index is 13.2. The van der Waals surface area contributed by atoms with Crippen LogP contribution in [-0.2, 0) is 13.2 Å². The van der Waals surface area contributed by atoms with Crippen LogP contribution in [0.5, 0.6) is 5.75 Å². The lowest BCUT2D eigenvalue weighted by atomic mass is 10.1. The molecule has 0 aliphatic rings. The van der Waals surface area contributed by atoms with Gasteiger partial charge in [0.1, 0.15) is 24.2 Å². The fourth-order valence-electron chi connectivity index (χ4n) is 1.78. The highest BCUT2D eigenvalue weighted by Gasteiger charge is 2.07. The number of benzene rings is 1. The molecule has 0 atom stereocenters. The van der Waals surface area contributed by atoms with Gasteiger partial charge in [-0.2, -0.15) is 5.26 Å². The molecule has 2 rings (SSSR count).